The Hall–Kier alpha value is -2.44. The maximum absolute atomic E-state index is 12.1. The van der Waals surface area contributed by atoms with Crippen LogP contribution in [0.2, 0.25) is 0 Å². The molecule has 0 saturated heterocycles. The molecule has 0 fully saturated rings. The maximum Gasteiger partial charge on any atom is 0.272 e. The summed E-state index contributed by atoms with van der Waals surface area (Å²) >= 11 is 0. The molecular weight excluding hydrogens is 244 g/mol. The monoisotopic (exact) mass is 260 g/mol. The van der Waals surface area contributed by atoms with E-state index >= 15 is 0 Å². The molecule has 0 saturated carbocycles. The van der Waals surface area contributed by atoms with Crippen LogP contribution in [0.1, 0.15) is 28.8 Å². The highest BCUT2D eigenvalue weighted by Crippen LogP contribution is 2.16. The van der Waals surface area contributed by atoms with Crippen LogP contribution in [-0.4, -0.2) is 25.9 Å². The summed E-state index contributed by atoms with van der Waals surface area (Å²) in [5, 5.41) is 14.6. The summed E-state index contributed by atoms with van der Waals surface area (Å²) in [5.74, 6) is -0.266. The van der Waals surface area contributed by atoms with Gasteiger partial charge in [0, 0.05) is 13.2 Å². The second-order valence-corrected chi connectivity index (χ2v) is 4.08. The number of aryl methyl sites for hydroxylation is 2. The highest BCUT2D eigenvalue weighted by Gasteiger charge is 2.18. The van der Waals surface area contributed by atoms with E-state index in [0.29, 0.717) is 30.0 Å². The van der Waals surface area contributed by atoms with Crippen LogP contribution < -0.4 is 11.1 Å². The molecule has 100 valence electrons. The zero-order chi connectivity index (χ0) is 13.8. The van der Waals surface area contributed by atoms with Crippen molar-refractivity contribution in [2.24, 2.45) is 7.05 Å². The maximum atomic E-state index is 12.1. The van der Waals surface area contributed by atoms with Crippen molar-refractivity contribution in [1.82, 2.24) is 25.3 Å². The van der Waals surface area contributed by atoms with Crippen molar-refractivity contribution >= 4 is 11.6 Å². The van der Waals surface area contributed by atoms with Gasteiger partial charge in [0.2, 0.25) is 0 Å². The van der Waals surface area contributed by atoms with Gasteiger partial charge < -0.3 is 11.1 Å². The van der Waals surface area contributed by atoms with Gasteiger partial charge in [0.15, 0.2) is 0 Å². The first-order valence-electron chi connectivity index (χ1n) is 5.99. The van der Waals surface area contributed by atoms with E-state index in [1.807, 2.05) is 6.92 Å². The van der Waals surface area contributed by atoms with Crippen LogP contribution in [0.25, 0.3) is 0 Å². The fraction of sp³-hybridized carbons (Fsp3) is 0.333. The molecule has 0 spiro atoms. The SMILES string of the molecule is CCc1nn(C)c(C(=O)NCc2cccnn2)c1N. The number of aromatic nitrogens is 4. The zero-order valence-corrected chi connectivity index (χ0v) is 10.9. The molecule has 2 heterocycles. The molecule has 0 atom stereocenters. The van der Waals surface area contributed by atoms with Gasteiger partial charge in [0.1, 0.15) is 5.69 Å². The molecule has 7 heteroatoms. The van der Waals surface area contributed by atoms with E-state index in [2.05, 4.69) is 20.6 Å². The lowest BCUT2D eigenvalue weighted by molar-refractivity contribution is 0.0942. The minimum absolute atomic E-state index is 0.266. The molecule has 0 bridgehead atoms. The number of hydrogen-bond acceptors (Lipinski definition) is 5. The Bertz CT molecular complexity index is 577. The van der Waals surface area contributed by atoms with Gasteiger partial charge in [-0.25, -0.2) is 0 Å². The summed E-state index contributed by atoms with van der Waals surface area (Å²) < 4.78 is 1.50. The third kappa shape index (κ3) is 2.70. The fourth-order valence-electron chi connectivity index (χ4n) is 1.81. The average molecular weight is 260 g/mol. The molecule has 19 heavy (non-hydrogen) atoms. The number of amides is 1. The van der Waals surface area contributed by atoms with Gasteiger partial charge in [-0.15, -0.1) is 0 Å². The molecule has 0 unspecified atom stereocenters. The standard InChI is InChI=1S/C12H16N6O/c1-3-9-10(13)11(18(2)17-9)12(19)14-7-8-5-4-6-15-16-8/h4-6H,3,7,13H2,1-2H3,(H,14,19). The Kier molecular flexibility index (Phi) is 3.74. The van der Waals surface area contributed by atoms with Crippen molar-refractivity contribution in [1.29, 1.82) is 0 Å². The van der Waals surface area contributed by atoms with Crippen LogP contribution in [0.4, 0.5) is 5.69 Å². The van der Waals surface area contributed by atoms with E-state index in [1.165, 1.54) is 4.68 Å². The van der Waals surface area contributed by atoms with Crippen LogP contribution in [0, 0.1) is 0 Å². The quantitative estimate of drug-likeness (QED) is 0.823. The third-order valence-electron chi connectivity index (χ3n) is 2.77. The Morgan fingerprint density at radius 2 is 2.32 bits per heavy atom. The van der Waals surface area contributed by atoms with Gasteiger partial charge in [-0.1, -0.05) is 6.92 Å². The number of anilines is 1. The van der Waals surface area contributed by atoms with E-state index < -0.39 is 0 Å². The molecule has 0 aromatic carbocycles. The van der Waals surface area contributed by atoms with Gasteiger partial charge in [-0.2, -0.15) is 15.3 Å². The van der Waals surface area contributed by atoms with Gasteiger partial charge in [0.25, 0.3) is 5.91 Å². The molecule has 2 rings (SSSR count). The molecule has 0 aliphatic carbocycles. The largest absolute Gasteiger partial charge is 0.395 e. The molecule has 2 aromatic rings. The first kappa shape index (κ1) is 13.0. The predicted octanol–water partition coefficient (Wildman–Crippen LogP) is 0.285. The number of rotatable bonds is 4. The van der Waals surface area contributed by atoms with Crippen LogP contribution in [-0.2, 0) is 20.0 Å². The molecule has 0 radical (unpaired) electrons. The average Bonchev–Trinajstić information content (AvgIpc) is 2.72. The summed E-state index contributed by atoms with van der Waals surface area (Å²) in [6, 6.07) is 3.56. The highest BCUT2D eigenvalue weighted by molar-refractivity contribution is 5.97. The second kappa shape index (κ2) is 5.47. The van der Waals surface area contributed by atoms with E-state index in [0.717, 1.165) is 5.69 Å². The van der Waals surface area contributed by atoms with Crippen LogP contribution in [0.5, 0.6) is 0 Å². The number of carbonyl (C=O) groups is 1. The number of nitrogens with two attached hydrogens (primary N) is 1. The lowest BCUT2D eigenvalue weighted by atomic mass is 10.2. The van der Waals surface area contributed by atoms with E-state index in [-0.39, 0.29) is 5.91 Å². The smallest absolute Gasteiger partial charge is 0.272 e. The Morgan fingerprint density at radius 1 is 1.53 bits per heavy atom. The van der Waals surface area contributed by atoms with Crippen molar-refractivity contribution in [2.45, 2.75) is 19.9 Å². The molecule has 3 N–H and O–H groups in total. The number of nitrogens with one attached hydrogen (secondary N) is 1. The fourth-order valence-corrected chi connectivity index (χ4v) is 1.81. The van der Waals surface area contributed by atoms with E-state index in [4.69, 9.17) is 5.73 Å². The van der Waals surface area contributed by atoms with E-state index in [1.54, 1.807) is 25.4 Å². The molecule has 2 aromatic heterocycles. The summed E-state index contributed by atoms with van der Waals surface area (Å²) in [6.45, 7) is 2.25. The number of hydrogen-bond donors (Lipinski definition) is 2. The number of carbonyl (C=O) groups excluding carboxylic acids is 1. The Labute approximate surface area is 110 Å². The van der Waals surface area contributed by atoms with Crippen molar-refractivity contribution in [3.05, 3.63) is 35.4 Å². The highest BCUT2D eigenvalue weighted by atomic mass is 16.2. The summed E-state index contributed by atoms with van der Waals surface area (Å²) in [4.78, 5) is 12.1. The first-order valence-corrected chi connectivity index (χ1v) is 5.99. The van der Waals surface area contributed by atoms with Gasteiger partial charge in [-0.05, 0) is 18.6 Å². The number of nitrogen functional groups attached to an aromatic ring is 1. The minimum Gasteiger partial charge on any atom is -0.395 e. The second-order valence-electron chi connectivity index (χ2n) is 4.08. The van der Waals surface area contributed by atoms with Crippen LogP contribution in [0.15, 0.2) is 18.3 Å². The molecular formula is C12H16N6O. The Morgan fingerprint density at radius 3 is 2.89 bits per heavy atom. The summed E-state index contributed by atoms with van der Waals surface area (Å²) in [6.07, 6.45) is 2.27. The summed E-state index contributed by atoms with van der Waals surface area (Å²) in [5.41, 5.74) is 8.14. The molecule has 0 aliphatic rings. The predicted molar refractivity (Wildman–Crippen MR) is 70.2 cm³/mol. The topological polar surface area (TPSA) is 98.7 Å². The minimum atomic E-state index is -0.266. The van der Waals surface area contributed by atoms with Gasteiger partial charge in [-0.3, -0.25) is 9.48 Å². The number of nitrogens with zero attached hydrogens (tertiary/aromatic N) is 4. The molecule has 7 nitrogen and oxygen atoms in total. The van der Waals surface area contributed by atoms with Crippen LogP contribution >= 0.6 is 0 Å². The van der Waals surface area contributed by atoms with E-state index in [9.17, 15) is 4.79 Å². The van der Waals surface area contributed by atoms with Crippen molar-refractivity contribution < 1.29 is 4.79 Å². The lowest BCUT2D eigenvalue weighted by Gasteiger charge is -2.05. The van der Waals surface area contributed by atoms with Crippen molar-refractivity contribution in [3.8, 4) is 0 Å². The molecule has 1 amide bonds. The van der Waals surface area contributed by atoms with Crippen molar-refractivity contribution in [3.63, 3.8) is 0 Å². The zero-order valence-electron chi connectivity index (χ0n) is 10.9. The van der Waals surface area contributed by atoms with Gasteiger partial charge >= 0.3 is 0 Å². The lowest BCUT2D eigenvalue weighted by Crippen LogP contribution is -2.26. The third-order valence-corrected chi connectivity index (χ3v) is 2.77. The van der Waals surface area contributed by atoms with Crippen molar-refractivity contribution in [2.75, 3.05) is 5.73 Å². The first-order chi connectivity index (χ1) is 9.13. The molecule has 0 aliphatic heterocycles. The normalized spacial score (nSPS) is 10.4. The van der Waals surface area contributed by atoms with Gasteiger partial charge in [0.05, 0.1) is 23.6 Å². The Balaban J connectivity index is 2.10. The van der Waals surface area contributed by atoms with Crippen LogP contribution in [0.3, 0.4) is 0 Å². The summed E-state index contributed by atoms with van der Waals surface area (Å²) in [7, 11) is 1.70.